The van der Waals surface area contributed by atoms with Crippen LogP contribution in [0, 0.1) is 11.3 Å². The van der Waals surface area contributed by atoms with E-state index in [1.165, 1.54) is 36.4 Å². The van der Waals surface area contributed by atoms with Gasteiger partial charge in [0.1, 0.15) is 11.5 Å². The van der Waals surface area contributed by atoms with Gasteiger partial charge in [0, 0.05) is 11.3 Å². The molecule has 35 heavy (non-hydrogen) atoms. The Morgan fingerprint density at radius 2 is 1.57 bits per heavy atom. The minimum absolute atomic E-state index is 0.0212. The molecular formula is C24H22N4O6S. The number of ether oxygens (including phenoxy) is 2. The highest BCUT2D eigenvalue weighted by Crippen LogP contribution is 2.20. The highest BCUT2D eigenvalue weighted by Gasteiger charge is 2.17. The first-order valence-corrected chi connectivity index (χ1v) is 11.9. The monoisotopic (exact) mass is 494 g/mol. The SMILES string of the molecule is CCOc1ccc(NS(=O)(=O)c2cccc(C(=O)NNC(=O)COc3ccc(C#N)cc3)c2)cc1. The van der Waals surface area contributed by atoms with Crippen molar-refractivity contribution >= 4 is 27.5 Å². The number of carbonyl (C=O) groups is 2. The first kappa shape index (κ1) is 25.1. The van der Waals surface area contributed by atoms with Crippen molar-refractivity contribution in [3.05, 3.63) is 83.9 Å². The normalized spacial score (nSPS) is 10.5. The molecule has 11 heteroatoms. The summed E-state index contributed by atoms with van der Waals surface area (Å²) in [5.74, 6) is -0.361. The number of carbonyl (C=O) groups excluding carboxylic acids is 2. The second kappa shape index (κ2) is 11.5. The largest absolute Gasteiger partial charge is 0.494 e. The van der Waals surface area contributed by atoms with Gasteiger partial charge in [-0.15, -0.1) is 0 Å². The Labute approximate surface area is 202 Å². The minimum Gasteiger partial charge on any atom is -0.494 e. The molecule has 3 aromatic rings. The average Bonchev–Trinajstić information content (AvgIpc) is 2.87. The fourth-order valence-corrected chi connectivity index (χ4v) is 3.92. The Morgan fingerprint density at radius 1 is 0.914 bits per heavy atom. The van der Waals surface area contributed by atoms with Crippen molar-refractivity contribution < 1.29 is 27.5 Å². The first-order chi connectivity index (χ1) is 16.8. The maximum absolute atomic E-state index is 12.7. The fourth-order valence-electron chi connectivity index (χ4n) is 2.81. The molecule has 0 aliphatic heterocycles. The van der Waals surface area contributed by atoms with E-state index in [4.69, 9.17) is 14.7 Å². The van der Waals surface area contributed by atoms with Gasteiger partial charge in [-0.3, -0.25) is 25.2 Å². The lowest BCUT2D eigenvalue weighted by atomic mass is 10.2. The van der Waals surface area contributed by atoms with E-state index in [-0.39, 0.29) is 17.1 Å². The van der Waals surface area contributed by atoms with E-state index in [2.05, 4.69) is 15.6 Å². The van der Waals surface area contributed by atoms with Gasteiger partial charge in [0.2, 0.25) is 0 Å². The van der Waals surface area contributed by atoms with E-state index in [1.54, 1.807) is 36.4 Å². The lowest BCUT2D eigenvalue weighted by Crippen LogP contribution is -2.43. The second-order valence-corrected chi connectivity index (χ2v) is 8.70. The third kappa shape index (κ3) is 7.21. The molecule has 0 saturated heterocycles. The average molecular weight is 495 g/mol. The molecule has 0 spiro atoms. The van der Waals surface area contributed by atoms with Gasteiger partial charge >= 0.3 is 0 Å². The van der Waals surface area contributed by atoms with Crippen molar-refractivity contribution in [2.75, 3.05) is 17.9 Å². The van der Waals surface area contributed by atoms with Crippen molar-refractivity contribution in [3.63, 3.8) is 0 Å². The number of hydrazine groups is 1. The second-order valence-electron chi connectivity index (χ2n) is 7.02. The Hall–Kier alpha value is -4.56. The van der Waals surface area contributed by atoms with Gasteiger partial charge in [-0.25, -0.2) is 8.42 Å². The number of amides is 2. The van der Waals surface area contributed by atoms with Gasteiger partial charge < -0.3 is 9.47 Å². The molecule has 0 fully saturated rings. The number of benzene rings is 3. The van der Waals surface area contributed by atoms with Crippen LogP contribution in [0.3, 0.4) is 0 Å². The van der Waals surface area contributed by atoms with Gasteiger partial charge in [0.05, 0.1) is 23.1 Å². The number of nitrogens with one attached hydrogen (secondary N) is 3. The van der Waals surface area contributed by atoms with Crippen LogP contribution in [0.2, 0.25) is 0 Å². The molecule has 3 aromatic carbocycles. The molecule has 0 bridgehead atoms. The maximum Gasteiger partial charge on any atom is 0.276 e. The summed E-state index contributed by atoms with van der Waals surface area (Å²) in [6.45, 7) is 1.95. The molecule has 3 N–H and O–H groups in total. The molecule has 2 amide bonds. The molecule has 0 unspecified atom stereocenters. The molecule has 0 atom stereocenters. The van der Waals surface area contributed by atoms with Gasteiger partial charge in [-0.2, -0.15) is 5.26 Å². The van der Waals surface area contributed by atoms with E-state index >= 15 is 0 Å². The molecular weight excluding hydrogens is 472 g/mol. The Bertz CT molecular complexity index is 1330. The van der Waals surface area contributed by atoms with E-state index in [9.17, 15) is 18.0 Å². The molecule has 3 rings (SSSR count). The lowest BCUT2D eigenvalue weighted by molar-refractivity contribution is -0.123. The molecule has 0 aliphatic carbocycles. The Balaban J connectivity index is 1.56. The number of sulfonamides is 1. The van der Waals surface area contributed by atoms with Crippen LogP contribution in [0.15, 0.2) is 77.7 Å². The third-order valence-electron chi connectivity index (χ3n) is 4.49. The highest BCUT2D eigenvalue weighted by atomic mass is 32.2. The summed E-state index contributed by atoms with van der Waals surface area (Å²) in [4.78, 5) is 24.2. The number of nitrogens with zero attached hydrogens (tertiary/aromatic N) is 1. The summed E-state index contributed by atoms with van der Waals surface area (Å²) in [6, 6.07) is 19.9. The van der Waals surface area contributed by atoms with Crippen LogP contribution >= 0.6 is 0 Å². The number of hydrogen-bond donors (Lipinski definition) is 3. The zero-order valence-electron chi connectivity index (χ0n) is 18.6. The predicted molar refractivity (Wildman–Crippen MR) is 127 cm³/mol. The fraction of sp³-hybridized carbons (Fsp3) is 0.125. The standard InChI is InChI=1S/C24H22N4O6S/c1-2-33-20-12-8-19(9-13-20)28-35(31,32)22-5-3-4-18(14-22)24(30)27-26-23(29)16-34-21-10-6-17(15-25)7-11-21/h3-14,28H,2,16H2,1H3,(H,26,29)(H,27,30). The van der Waals surface area contributed by atoms with Gasteiger partial charge in [0.15, 0.2) is 6.61 Å². The quantitative estimate of drug-likeness (QED) is 0.388. The van der Waals surface area contributed by atoms with Crippen LogP contribution in [0.25, 0.3) is 0 Å². The lowest BCUT2D eigenvalue weighted by Gasteiger charge is -2.11. The summed E-state index contributed by atoms with van der Waals surface area (Å²) in [5, 5.41) is 8.78. The van der Waals surface area contributed by atoms with Crippen molar-refractivity contribution in [1.29, 1.82) is 5.26 Å². The van der Waals surface area contributed by atoms with Gasteiger partial charge in [-0.05, 0) is 73.7 Å². The molecule has 0 aliphatic rings. The van der Waals surface area contributed by atoms with Gasteiger partial charge in [0.25, 0.3) is 21.8 Å². The summed E-state index contributed by atoms with van der Waals surface area (Å²) in [6.07, 6.45) is 0. The third-order valence-corrected chi connectivity index (χ3v) is 5.87. The van der Waals surface area contributed by atoms with Crippen LogP contribution in [0.1, 0.15) is 22.8 Å². The molecule has 0 aromatic heterocycles. The zero-order chi connectivity index (χ0) is 25.3. The number of hydrogen-bond acceptors (Lipinski definition) is 7. The minimum atomic E-state index is -3.97. The smallest absolute Gasteiger partial charge is 0.276 e. The van der Waals surface area contributed by atoms with Crippen molar-refractivity contribution in [3.8, 4) is 17.6 Å². The summed E-state index contributed by atoms with van der Waals surface area (Å²) in [7, 11) is -3.97. The Kier molecular flexibility index (Phi) is 8.26. The summed E-state index contributed by atoms with van der Waals surface area (Å²) in [5.41, 5.74) is 5.21. The highest BCUT2D eigenvalue weighted by molar-refractivity contribution is 7.92. The zero-order valence-corrected chi connectivity index (χ0v) is 19.5. The predicted octanol–water partition coefficient (Wildman–Crippen LogP) is 2.60. The van der Waals surface area contributed by atoms with Crippen LogP contribution in [-0.4, -0.2) is 33.4 Å². The number of rotatable bonds is 9. The Morgan fingerprint density at radius 3 is 2.23 bits per heavy atom. The van der Waals surface area contributed by atoms with E-state index in [1.807, 2.05) is 13.0 Å². The van der Waals surface area contributed by atoms with E-state index in [0.717, 1.165) is 0 Å². The van der Waals surface area contributed by atoms with Crippen LogP contribution in [0.5, 0.6) is 11.5 Å². The van der Waals surface area contributed by atoms with Crippen LogP contribution in [0.4, 0.5) is 5.69 Å². The van der Waals surface area contributed by atoms with E-state index < -0.39 is 21.8 Å². The van der Waals surface area contributed by atoms with Crippen molar-refractivity contribution in [2.24, 2.45) is 0 Å². The molecule has 0 saturated carbocycles. The van der Waals surface area contributed by atoms with Gasteiger partial charge in [-0.1, -0.05) is 6.07 Å². The van der Waals surface area contributed by atoms with E-state index in [0.29, 0.717) is 29.4 Å². The van der Waals surface area contributed by atoms with Crippen LogP contribution in [-0.2, 0) is 14.8 Å². The molecule has 180 valence electrons. The summed E-state index contributed by atoms with van der Waals surface area (Å²) >= 11 is 0. The topological polar surface area (TPSA) is 147 Å². The molecule has 10 nitrogen and oxygen atoms in total. The number of anilines is 1. The first-order valence-electron chi connectivity index (χ1n) is 10.4. The molecule has 0 heterocycles. The van der Waals surface area contributed by atoms with Crippen molar-refractivity contribution in [2.45, 2.75) is 11.8 Å². The summed E-state index contributed by atoms with van der Waals surface area (Å²) < 4.78 is 38.5. The molecule has 0 radical (unpaired) electrons. The van der Waals surface area contributed by atoms with Crippen molar-refractivity contribution in [1.82, 2.24) is 10.9 Å². The van der Waals surface area contributed by atoms with Crippen LogP contribution < -0.4 is 25.0 Å². The maximum atomic E-state index is 12.7. The number of nitriles is 1.